The van der Waals surface area contributed by atoms with Gasteiger partial charge in [0.15, 0.2) is 5.96 Å². The molecule has 1 unspecified atom stereocenters. The number of pyridine rings is 1. The molecule has 2 N–H and O–H groups in total. The van der Waals surface area contributed by atoms with E-state index in [2.05, 4.69) is 15.6 Å². The number of benzene rings is 1. The Hall–Kier alpha value is -2.47. The number of ether oxygens (including phenoxy) is 1. The number of nitrogens with one attached hydrogen (secondary N) is 2. The molecule has 1 aromatic heterocycles. The van der Waals surface area contributed by atoms with E-state index in [0.717, 1.165) is 44.2 Å². The third kappa shape index (κ3) is 8.05. The van der Waals surface area contributed by atoms with Gasteiger partial charge in [0.05, 0.1) is 6.54 Å². The molecule has 0 aliphatic carbocycles. The molecule has 2 rings (SSSR count). The van der Waals surface area contributed by atoms with E-state index in [0.29, 0.717) is 11.6 Å². The van der Waals surface area contributed by atoms with E-state index in [1.165, 1.54) is 0 Å². The molecule has 0 aliphatic rings. The molecule has 7 heteroatoms. The maximum Gasteiger partial charge on any atom is 0.250 e. The highest BCUT2D eigenvalue weighted by atomic mass is 35.5. The largest absolute Gasteiger partial charge is 0.489 e. The molecule has 0 radical (unpaired) electrons. The molecule has 1 heterocycles. The summed E-state index contributed by atoms with van der Waals surface area (Å²) in [6, 6.07) is 12.5. The first-order chi connectivity index (χ1) is 13.6. The fourth-order valence-corrected chi connectivity index (χ4v) is 2.73. The third-order valence-corrected chi connectivity index (χ3v) is 4.27. The van der Waals surface area contributed by atoms with Crippen LogP contribution in [0.2, 0.25) is 5.02 Å². The third-order valence-electron chi connectivity index (χ3n) is 4.02. The quantitative estimate of drug-likeness (QED) is 0.362. The molecular formula is C21H29ClN4O2. The Morgan fingerprint density at radius 1 is 1.18 bits per heavy atom. The average molecular weight is 405 g/mol. The van der Waals surface area contributed by atoms with E-state index in [9.17, 15) is 4.79 Å². The minimum Gasteiger partial charge on any atom is -0.489 e. The summed E-state index contributed by atoms with van der Waals surface area (Å²) in [5.41, 5.74) is 0.0417. The summed E-state index contributed by atoms with van der Waals surface area (Å²) in [5, 5.41) is 7.25. The van der Waals surface area contributed by atoms with Crippen LogP contribution in [-0.2, 0) is 6.54 Å². The number of unbranched alkanes of at least 4 members (excludes halogenated alkanes) is 1. The van der Waals surface area contributed by atoms with Gasteiger partial charge in [0.1, 0.15) is 11.9 Å². The van der Waals surface area contributed by atoms with Gasteiger partial charge in [-0.3, -0.25) is 4.79 Å². The Morgan fingerprint density at radius 3 is 2.68 bits per heavy atom. The Balaban J connectivity index is 1.72. The van der Waals surface area contributed by atoms with Crippen LogP contribution in [0.4, 0.5) is 0 Å². The van der Waals surface area contributed by atoms with Gasteiger partial charge in [0.25, 0.3) is 0 Å². The summed E-state index contributed by atoms with van der Waals surface area (Å²) in [5.74, 6) is 1.55. The lowest BCUT2D eigenvalue weighted by molar-refractivity contribution is 0.230. The molecule has 0 aliphatic heterocycles. The first kappa shape index (κ1) is 21.8. The molecule has 0 saturated carbocycles. The SMILES string of the molecule is CCNC(=NCC(C)Oc1ccc(Cl)cc1)NCCCCn1ccccc1=O. The molecular weight excluding hydrogens is 376 g/mol. The highest BCUT2D eigenvalue weighted by Gasteiger charge is 2.05. The van der Waals surface area contributed by atoms with E-state index < -0.39 is 0 Å². The van der Waals surface area contributed by atoms with Gasteiger partial charge < -0.3 is 19.9 Å². The molecule has 1 aromatic carbocycles. The summed E-state index contributed by atoms with van der Waals surface area (Å²) < 4.78 is 7.58. The summed E-state index contributed by atoms with van der Waals surface area (Å²) in [6.07, 6.45) is 3.64. The van der Waals surface area contributed by atoms with Gasteiger partial charge in [-0.1, -0.05) is 17.7 Å². The van der Waals surface area contributed by atoms with Crippen LogP contribution in [0, 0.1) is 0 Å². The number of halogens is 1. The van der Waals surface area contributed by atoms with Crippen molar-refractivity contribution in [3.8, 4) is 5.75 Å². The smallest absolute Gasteiger partial charge is 0.250 e. The van der Waals surface area contributed by atoms with Gasteiger partial charge in [0, 0.05) is 36.9 Å². The van der Waals surface area contributed by atoms with Crippen molar-refractivity contribution >= 4 is 17.6 Å². The monoisotopic (exact) mass is 404 g/mol. The van der Waals surface area contributed by atoms with Crippen LogP contribution in [0.1, 0.15) is 26.7 Å². The fraction of sp³-hybridized carbons (Fsp3) is 0.429. The predicted octanol–water partition coefficient (Wildman–Crippen LogP) is 3.30. The van der Waals surface area contributed by atoms with E-state index in [1.807, 2.05) is 50.4 Å². The van der Waals surface area contributed by atoms with Crippen molar-refractivity contribution < 1.29 is 4.74 Å². The van der Waals surface area contributed by atoms with Crippen LogP contribution in [0.3, 0.4) is 0 Å². The van der Waals surface area contributed by atoms with E-state index >= 15 is 0 Å². The number of aliphatic imine (C=N–C) groups is 1. The number of hydrogen-bond donors (Lipinski definition) is 2. The van der Waals surface area contributed by atoms with Crippen molar-refractivity contribution in [3.63, 3.8) is 0 Å². The lowest BCUT2D eigenvalue weighted by Crippen LogP contribution is -2.38. The fourth-order valence-electron chi connectivity index (χ4n) is 2.60. The first-order valence-corrected chi connectivity index (χ1v) is 10.1. The second kappa shape index (κ2) is 12.1. The van der Waals surface area contributed by atoms with Crippen molar-refractivity contribution in [1.82, 2.24) is 15.2 Å². The molecule has 2 aromatic rings. The molecule has 152 valence electrons. The van der Waals surface area contributed by atoms with E-state index in [1.54, 1.807) is 16.7 Å². The number of guanidine groups is 1. The highest BCUT2D eigenvalue weighted by molar-refractivity contribution is 6.30. The minimum atomic E-state index is -0.0541. The normalized spacial score (nSPS) is 12.5. The summed E-state index contributed by atoms with van der Waals surface area (Å²) in [7, 11) is 0. The number of hydrogen-bond acceptors (Lipinski definition) is 3. The van der Waals surface area contributed by atoms with Crippen LogP contribution in [-0.4, -0.2) is 36.3 Å². The Morgan fingerprint density at radius 2 is 1.96 bits per heavy atom. The number of aromatic nitrogens is 1. The molecule has 1 atom stereocenters. The Kier molecular flexibility index (Phi) is 9.42. The minimum absolute atomic E-state index is 0.0417. The van der Waals surface area contributed by atoms with E-state index in [4.69, 9.17) is 16.3 Å². The maximum absolute atomic E-state index is 11.7. The predicted molar refractivity (Wildman–Crippen MR) is 115 cm³/mol. The van der Waals surface area contributed by atoms with Crippen LogP contribution in [0.5, 0.6) is 5.75 Å². The lowest BCUT2D eigenvalue weighted by Gasteiger charge is -2.15. The molecule has 0 bridgehead atoms. The van der Waals surface area contributed by atoms with Crippen LogP contribution >= 0.6 is 11.6 Å². The molecule has 28 heavy (non-hydrogen) atoms. The van der Waals surface area contributed by atoms with Crippen molar-refractivity contribution in [1.29, 1.82) is 0 Å². The Labute approximate surface area is 171 Å². The van der Waals surface area contributed by atoms with Gasteiger partial charge in [-0.05, 0) is 57.0 Å². The molecule has 0 saturated heterocycles. The van der Waals surface area contributed by atoms with Crippen molar-refractivity contribution in [2.75, 3.05) is 19.6 Å². The van der Waals surface area contributed by atoms with Gasteiger partial charge in [-0.25, -0.2) is 4.99 Å². The van der Waals surface area contributed by atoms with Gasteiger partial charge in [0.2, 0.25) is 5.56 Å². The summed E-state index contributed by atoms with van der Waals surface area (Å²) >= 11 is 5.89. The zero-order chi connectivity index (χ0) is 20.2. The zero-order valence-corrected chi connectivity index (χ0v) is 17.3. The van der Waals surface area contributed by atoms with Gasteiger partial charge in [-0.15, -0.1) is 0 Å². The number of nitrogens with zero attached hydrogens (tertiary/aromatic N) is 2. The maximum atomic E-state index is 11.7. The zero-order valence-electron chi connectivity index (χ0n) is 16.5. The number of aryl methyl sites for hydroxylation is 1. The molecule has 6 nitrogen and oxygen atoms in total. The summed E-state index contributed by atoms with van der Waals surface area (Å²) in [6.45, 7) is 6.86. The van der Waals surface area contributed by atoms with Crippen molar-refractivity contribution in [2.45, 2.75) is 39.3 Å². The second-order valence-corrected chi connectivity index (χ2v) is 6.90. The standard InChI is InChI=1S/C21H29ClN4O2/c1-3-23-21(24-13-5-7-15-26-14-6-4-8-20(26)27)25-16-17(2)28-19-11-9-18(22)10-12-19/h4,6,8-12,14,17H,3,5,7,13,15-16H2,1-2H3,(H2,23,24,25). The Bertz CT molecular complexity index is 789. The van der Waals surface area contributed by atoms with Crippen LogP contribution in [0.25, 0.3) is 0 Å². The molecule has 0 amide bonds. The number of rotatable bonds is 10. The van der Waals surface area contributed by atoms with Gasteiger partial charge >= 0.3 is 0 Å². The average Bonchev–Trinajstić information content (AvgIpc) is 2.69. The first-order valence-electron chi connectivity index (χ1n) is 9.68. The van der Waals surface area contributed by atoms with Crippen molar-refractivity contribution in [2.24, 2.45) is 4.99 Å². The summed E-state index contributed by atoms with van der Waals surface area (Å²) in [4.78, 5) is 16.3. The van der Waals surface area contributed by atoms with Gasteiger partial charge in [-0.2, -0.15) is 0 Å². The van der Waals surface area contributed by atoms with Crippen molar-refractivity contribution in [3.05, 3.63) is 64.0 Å². The lowest BCUT2D eigenvalue weighted by atomic mass is 10.3. The van der Waals surface area contributed by atoms with Crippen LogP contribution in [0.15, 0.2) is 58.4 Å². The highest BCUT2D eigenvalue weighted by Crippen LogP contribution is 2.16. The topological polar surface area (TPSA) is 67.7 Å². The molecule has 0 fully saturated rings. The second-order valence-electron chi connectivity index (χ2n) is 6.47. The van der Waals surface area contributed by atoms with E-state index in [-0.39, 0.29) is 11.7 Å². The molecule has 0 spiro atoms. The van der Waals surface area contributed by atoms with Crippen LogP contribution < -0.4 is 20.9 Å².